The lowest BCUT2D eigenvalue weighted by Gasteiger charge is -2.35. The molecule has 2 nitrogen and oxygen atoms in total. The predicted octanol–water partition coefficient (Wildman–Crippen LogP) is 3.00. The van der Waals surface area contributed by atoms with E-state index >= 15 is 0 Å². The quantitative estimate of drug-likeness (QED) is 0.623. The molecule has 0 aromatic carbocycles. The van der Waals surface area contributed by atoms with Gasteiger partial charge in [0.15, 0.2) is 0 Å². The van der Waals surface area contributed by atoms with E-state index in [4.69, 9.17) is 0 Å². The molecule has 0 aliphatic heterocycles. The Labute approximate surface area is 92.4 Å². The summed E-state index contributed by atoms with van der Waals surface area (Å²) in [5.74, 6) is -0.0947. The van der Waals surface area contributed by atoms with Crippen molar-refractivity contribution in [1.82, 2.24) is 0 Å². The van der Waals surface area contributed by atoms with Crippen molar-refractivity contribution in [2.45, 2.75) is 53.9 Å². The third-order valence-corrected chi connectivity index (χ3v) is 3.33. The molecule has 0 spiro atoms. The smallest absolute Gasteiger partial charge is 0.148 e. The Kier molecular flexibility index (Phi) is 3.09. The Balaban J connectivity index is 2.88. The van der Waals surface area contributed by atoms with E-state index in [1.165, 1.54) is 0 Å². The van der Waals surface area contributed by atoms with Crippen LogP contribution in [0.4, 0.5) is 0 Å². The van der Waals surface area contributed by atoms with E-state index in [-0.39, 0.29) is 22.9 Å². The highest BCUT2D eigenvalue weighted by atomic mass is 16.2. The van der Waals surface area contributed by atoms with Gasteiger partial charge in [0, 0.05) is 10.8 Å². The van der Waals surface area contributed by atoms with Gasteiger partial charge < -0.3 is 0 Å². The monoisotopic (exact) mass is 210 g/mol. The van der Waals surface area contributed by atoms with Crippen LogP contribution in [0.15, 0.2) is 0 Å². The maximum Gasteiger partial charge on any atom is 0.148 e. The maximum atomic E-state index is 12.1. The summed E-state index contributed by atoms with van der Waals surface area (Å²) in [5, 5.41) is 0. The lowest BCUT2D eigenvalue weighted by molar-refractivity contribution is -0.144. The van der Waals surface area contributed by atoms with Crippen molar-refractivity contribution in [2.24, 2.45) is 16.7 Å². The van der Waals surface area contributed by atoms with Gasteiger partial charge in [-0.15, -0.1) is 0 Å². The average molecular weight is 210 g/mol. The molecule has 0 heterocycles. The van der Waals surface area contributed by atoms with Crippen LogP contribution in [0, 0.1) is 16.7 Å². The Morgan fingerprint density at radius 1 is 1.33 bits per heavy atom. The van der Waals surface area contributed by atoms with Crippen molar-refractivity contribution in [2.75, 3.05) is 0 Å². The molecule has 1 fully saturated rings. The number of carbonyl (C=O) groups excluding carboxylic acids is 2. The zero-order valence-electron chi connectivity index (χ0n) is 10.5. The molecule has 0 aromatic rings. The molecule has 0 saturated heterocycles. The fourth-order valence-electron chi connectivity index (χ4n) is 2.25. The van der Waals surface area contributed by atoms with Crippen molar-refractivity contribution in [3.8, 4) is 0 Å². The third kappa shape index (κ3) is 2.47. The van der Waals surface area contributed by atoms with E-state index in [2.05, 4.69) is 0 Å². The van der Waals surface area contributed by atoms with Crippen molar-refractivity contribution in [1.29, 1.82) is 0 Å². The molecule has 1 atom stereocenters. The van der Waals surface area contributed by atoms with E-state index in [0.717, 1.165) is 19.3 Å². The van der Waals surface area contributed by atoms with Crippen LogP contribution < -0.4 is 0 Å². The zero-order chi connectivity index (χ0) is 11.9. The van der Waals surface area contributed by atoms with E-state index in [1.54, 1.807) is 0 Å². The SMILES string of the molecule is CC(C)(C)C(=O)C1CCCC(C)(C)C1=O. The van der Waals surface area contributed by atoms with Crippen LogP contribution in [0.25, 0.3) is 0 Å². The second-order valence-corrected chi connectivity index (χ2v) is 6.31. The molecular formula is C13H22O2. The van der Waals surface area contributed by atoms with Gasteiger partial charge in [0.1, 0.15) is 11.6 Å². The number of Topliss-reactive ketones (excluding diaryl/α,β-unsaturated/α-hetero) is 2. The third-order valence-electron chi connectivity index (χ3n) is 3.33. The van der Waals surface area contributed by atoms with Gasteiger partial charge in [0.25, 0.3) is 0 Å². The minimum atomic E-state index is -0.395. The number of hydrogen-bond acceptors (Lipinski definition) is 2. The van der Waals surface area contributed by atoms with Gasteiger partial charge in [0.2, 0.25) is 0 Å². The molecule has 1 aliphatic carbocycles. The van der Waals surface area contributed by atoms with Gasteiger partial charge in [-0.1, -0.05) is 41.0 Å². The largest absolute Gasteiger partial charge is 0.298 e. The Bertz CT molecular complexity index is 273. The molecule has 1 unspecified atom stereocenters. The molecule has 0 bridgehead atoms. The highest BCUT2D eigenvalue weighted by Gasteiger charge is 2.43. The van der Waals surface area contributed by atoms with Crippen molar-refractivity contribution < 1.29 is 9.59 Å². The van der Waals surface area contributed by atoms with Gasteiger partial charge in [0.05, 0.1) is 5.92 Å². The van der Waals surface area contributed by atoms with Gasteiger partial charge in [-0.2, -0.15) is 0 Å². The summed E-state index contributed by atoms with van der Waals surface area (Å²) < 4.78 is 0. The van der Waals surface area contributed by atoms with Crippen LogP contribution in [-0.2, 0) is 9.59 Å². The summed E-state index contributed by atoms with van der Waals surface area (Å²) in [6.45, 7) is 9.59. The molecule has 2 heteroatoms. The minimum absolute atomic E-state index is 0.111. The van der Waals surface area contributed by atoms with Gasteiger partial charge in [-0.25, -0.2) is 0 Å². The molecule has 0 radical (unpaired) electrons. The summed E-state index contributed by atoms with van der Waals surface area (Å²) in [4.78, 5) is 24.2. The first-order valence-corrected chi connectivity index (χ1v) is 5.75. The van der Waals surface area contributed by atoms with E-state index < -0.39 is 5.41 Å². The van der Waals surface area contributed by atoms with Crippen LogP contribution in [-0.4, -0.2) is 11.6 Å². The number of carbonyl (C=O) groups is 2. The Morgan fingerprint density at radius 2 is 1.87 bits per heavy atom. The maximum absolute atomic E-state index is 12.1. The molecular weight excluding hydrogens is 188 g/mol. The zero-order valence-corrected chi connectivity index (χ0v) is 10.5. The molecule has 0 amide bonds. The summed E-state index contributed by atoms with van der Waals surface area (Å²) in [6.07, 6.45) is 2.66. The molecule has 1 rings (SSSR count). The fourth-order valence-corrected chi connectivity index (χ4v) is 2.25. The fraction of sp³-hybridized carbons (Fsp3) is 0.846. The van der Waals surface area contributed by atoms with Crippen molar-refractivity contribution in [3.05, 3.63) is 0 Å². The molecule has 15 heavy (non-hydrogen) atoms. The topological polar surface area (TPSA) is 34.1 Å². The van der Waals surface area contributed by atoms with Gasteiger partial charge >= 0.3 is 0 Å². The van der Waals surface area contributed by atoms with Crippen LogP contribution >= 0.6 is 0 Å². The van der Waals surface area contributed by atoms with Crippen LogP contribution in [0.1, 0.15) is 53.9 Å². The highest BCUT2D eigenvalue weighted by Crippen LogP contribution is 2.38. The second kappa shape index (κ2) is 3.73. The van der Waals surface area contributed by atoms with Gasteiger partial charge in [-0.05, 0) is 12.8 Å². The second-order valence-electron chi connectivity index (χ2n) is 6.31. The lowest BCUT2D eigenvalue weighted by atomic mass is 9.66. The molecule has 0 aromatic heterocycles. The minimum Gasteiger partial charge on any atom is -0.298 e. The lowest BCUT2D eigenvalue weighted by Crippen LogP contribution is -2.43. The normalized spacial score (nSPS) is 26.5. The molecule has 0 N–H and O–H groups in total. The summed E-state index contributed by atoms with van der Waals surface area (Å²) in [7, 11) is 0. The van der Waals surface area contributed by atoms with E-state index in [1.807, 2.05) is 34.6 Å². The first-order valence-electron chi connectivity index (χ1n) is 5.75. The number of ketones is 2. The van der Waals surface area contributed by atoms with E-state index in [0.29, 0.717) is 0 Å². The Morgan fingerprint density at radius 3 is 2.33 bits per heavy atom. The van der Waals surface area contributed by atoms with Gasteiger partial charge in [-0.3, -0.25) is 9.59 Å². The van der Waals surface area contributed by atoms with Crippen LogP contribution in [0.2, 0.25) is 0 Å². The highest BCUT2D eigenvalue weighted by molar-refractivity contribution is 6.06. The molecule has 1 saturated carbocycles. The number of rotatable bonds is 1. The van der Waals surface area contributed by atoms with Crippen molar-refractivity contribution >= 4 is 11.6 Å². The van der Waals surface area contributed by atoms with Crippen LogP contribution in [0.3, 0.4) is 0 Å². The standard InChI is InChI=1S/C13H22O2/c1-12(2,3)10(14)9-7-6-8-13(4,5)11(9)15/h9H,6-8H2,1-5H3. The molecule has 86 valence electrons. The first-order chi connectivity index (χ1) is 6.66. The summed E-state index contributed by atoms with van der Waals surface area (Å²) in [5.41, 5.74) is -0.697. The Hall–Kier alpha value is -0.660. The van der Waals surface area contributed by atoms with E-state index in [9.17, 15) is 9.59 Å². The van der Waals surface area contributed by atoms with Crippen LogP contribution in [0.5, 0.6) is 0 Å². The molecule has 1 aliphatic rings. The number of hydrogen-bond donors (Lipinski definition) is 0. The first kappa shape index (κ1) is 12.4. The summed E-state index contributed by atoms with van der Waals surface area (Å²) >= 11 is 0. The average Bonchev–Trinajstić information content (AvgIpc) is 2.07. The van der Waals surface area contributed by atoms with Crippen molar-refractivity contribution in [3.63, 3.8) is 0 Å². The summed E-state index contributed by atoms with van der Waals surface area (Å²) in [6, 6.07) is 0. The predicted molar refractivity (Wildman–Crippen MR) is 60.6 cm³/mol.